The molecule has 0 saturated carbocycles. The largest absolute Gasteiger partial charge is 0.505 e. The molecule has 0 bridgehead atoms. The average molecular weight is 317 g/mol. The Morgan fingerprint density at radius 2 is 2.00 bits per heavy atom. The Labute approximate surface area is 120 Å². The third-order valence-corrected chi connectivity index (χ3v) is 4.05. The second-order valence-electron chi connectivity index (χ2n) is 4.06. The van der Waals surface area contributed by atoms with Crippen molar-refractivity contribution in [2.45, 2.75) is 11.8 Å². The maximum absolute atomic E-state index is 13.0. The van der Waals surface area contributed by atoms with Gasteiger partial charge in [-0.25, -0.2) is 12.8 Å². The molecule has 0 amide bonds. The Kier molecular flexibility index (Phi) is 3.82. The van der Waals surface area contributed by atoms with Crippen molar-refractivity contribution in [3.05, 3.63) is 47.0 Å². The molecule has 1 aromatic heterocycles. The van der Waals surface area contributed by atoms with Crippen molar-refractivity contribution >= 4 is 27.3 Å². The van der Waals surface area contributed by atoms with E-state index < -0.39 is 15.8 Å². The standard InChI is InChI=1S/C12H10ClFN2O3S/c1-7-2-8(13)3-11(12(7)17)16-20(18,19)10-4-9(14)5-15-6-10/h2-6,16-17H,1H3. The smallest absolute Gasteiger partial charge is 0.263 e. The number of phenols is 1. The summed E-state index contributed by atoms with van der Waals surface area (Å²) in [7, 11) is -4.06. The van der Waals surface area contributed by atoms with E-state index in [0.29, 0.717) is 5.56 Å². The highest BCUT2D eigenvalue weighted by Gasteiger charge is 2.18. The van der Waals surface area contributed by atoms with E-state index in [-0.39, 0.29) is 21.4 Å². The maximum Gasteiger partial charge on any atom is 0.263 e. The zero-order chi connectivity index (χ0) is 14.9. The SMILES string of the molecule is Cc1cc(Cl)cc(NS(=O)(=O)c2cncc(F)c2)c1O. The monoisotopic (exact) mass is 316 g/mol. The van der Waals surface area contributed by atoms with Crippen molar-refractivity contribution < 1.29 is 17.9 Å². The van der Waals surface area contributed by atoms with Crippen molar-refractivity contribution in [3.8, 4) is 5.75 Å². The molecule has 0 aliphatic heterocycles. The van der Waals surface area contributed by atoms with Crippen LogP contribution in [0, 0.1) is 12.7 Å². The summed E-state index contributed by atoms with van der Waals surface area (Å²) in [6.07, 6.45) is 1.89. The summed E-state index contributed by atoms with van der Waals surface area (Å²) >= 11 is 5.80. The van der Waals surface area contributed by atoms with Gasteiger partial charge in [-0.2, -0.15) is 0 Å². The zero-order valence-corrected chi connectivity index (χ0v) is 11.8. The number of pyridine rings is 1. The lowest BCUT2D eigenvalue weighted by Crippen LogP contribution is -2.13. The third-order valence-electron chi connectivity index (χ3n) is 2.50. The van der Waals surface area contributed by atoms with Crippen LogP contribution in [0.15, 0.2) is 35.5 Å². The number of halogens is 2. The first-order valence-corrected chi connectivity index (χ1v) is 7.28. The van der Waals surface area contributed by atoms with Crippen molar-refractivity contribution in [3.63, 3.8) is 0 Å². The van der Waals surface area contributed by atoms with Crippen molar-refractivity contribution in [2.24, 2.45) is 0 Å². The Balaban J connectivity index is 2.44. The van der Waals surface area contributed by atoms with Crippen LogP contribution >= 0.6 is 11.6 Å². The molecule has 2 N–H and O–H groups in total. The van der Waals surface area contributed by atoms with Crippen LogP contribution in [0.3, 0.4) is 0 Å². The molecule has 0 aliphatic carbocycles. The van der Waals surface area contributed by atoms with Gasteiger partial charge in [0.05, 0.1) is 11.9 Å². The van der Waals surface area contributed by atoms with Gasteiger partial charge in [-0.3, -0.25) is 9.71 Å². The molecule has 0 saturated heterocycles. The molecule has 2 aromatic rings. The maximum atomic E-state index is 13.0. The molecule has 0 radical (unpaired) electrons. The predicted octanol–water partition coefficient (Wildman–Crippen LogP) is 2.69. The lowest BCUT2D eigenvalue weighted by atomic mass is 10.2. The minimum Gasteiger partial charge on any atom is -0.505 e. The van der Waals surface area contributed by atoms with Gasteiger partial charge in [-0.15, -0.1) is 0 Å². The molecular weight excluding hydrogens is 307 g/mol. The number of phenolic OH excluding ortho intramolecular Hbond substituents is 1. The van der Waals surface area contributed by atoms with Gasteiger partial charge in [0.2, 0.25) is 0 Å². The van der Waals surface area contributed by atoms with Gasteiger partial charge in [0.25, 0.3) is 10.0 Å². The molecule has 0 fully saturated rings. The van der Waals surface area contributed by atoms with Crippen molar-refractivity contribution in [1.29, 1.82) is 0 Å². The second-order valence-corrected chi connectivity index (χ2v) is 6.18. The van der Waals surface area contributed by atoms with Gasteiger partial charge in [0.1, 0.15) is 16.5 Å². The number of hydrogen-bond donors (Lipinski definition) is 2. The number of nitrogens with zero attached hydrogens (tertiary/aromatic N) is 1. The lowest BCUT2D eigenvalue weighted by Gasteiger charge is -2.11. The zero-order valence-electron chi connectivity index (χ0n) is 10.3. The van der Waals surface area contributed by atoms with Crippen LogP contribution in [0.2, 0.25) is 5.02 Å². The molecular formula is C12H10ClFN2O3S. The number of benzene rings is 1. The van der Waals surface area contributed by atoms with Crippen LogP contribution in [0.25, 0.3) is 0 Å². The van der Waals surface area contributed by atoms with Gasteiger partial charge >= 0.3 is 0 Å². The Morgan fingerprint density at radius 1 is 1.30 bits per heavy atom. The highest BCUT2D eigenvalue weighted by molar-refractivity contribution is 7.92. The van der Waals surface area contributed by atoms with Crippen molar-refractivity contribution in [2.75, 3.05) is 4.72 Å². The summed E-state index contributed by atoms with van der Waals surface area (Å²) in [6, 6.07) is 3.57. The van der Waals surface area contributed by atoms with Gasteiger partial charge < -0.3 is 5.11 Å². The van der Waals surface area contributed by atoms with E-state index >= 15 is 0 Å². The molecule has 1 aromatic carbocycles. The number of aromatic nitrogens is 1. The fourth-order valence-corrected chi connectivity index (χ4v) is 2.86. The Bertz CT molecular complexity index is 765. The number of aryl methyl sites for hydroxylation is 1. The first kappa shape index (κ1) is 14.5. The summed E-state index contributed by atoms with van der Waals surface area (Å²) in [4.78, 5) is 3.11. The molecule has 1 heterocycles. The van der Waals surface area contributed by atoms with Gasteiger partial charge in [0.15, 0.2) is 0 Å². The molecule has 8 heteroatoms. The van der Waals surface area contributed by atoms with Crippen LogP contribution in [0.4, 0.5) is 10.1 Å². The van der Waals surface area contributed by atoms with Crippen LogP contribution < -0.4 is 4.72 Å². The molecule has 5 nitrogen and oxygen atoms in total. The second kappa shape index (κ2) is 5.26. The minimum absolute atomic E-state index is 0.0840. The van der Waals surface area contributed by atoms with E-state index in [0.717, 1.165) is 18.5 Å². The summed E-state index contributed by atoms with van der Waals surface area (Å²) in [5, 5.41) is 10.1. The molecule has 106 valence electrons. The molecule has 0 spiro atoms. The first-order chi connectivity index (χ1) is 9.29. The predicted molar refractivity (Wildman–Crippen MR) is 72.9 cm³/mol. The van der Waals surface area contributed by atoms with Crippen LogP contribution in [0.5, 0.6) is 5.75 Å². The summed E-state index contributed by atoms with van der Waals surface area (Å²) < 4.78 is 39.3. The molecule has 0 atom stereocenters. The number of hydrogen-bond acceptors (Lipinski definition) is 4. The number of nitrogens with one attached hydrogen (secondary N) is 1. The van der Waals surface area contributed by atoms with Crippen LogP contribution in [-0.4, -0.2) is 18.5 Å². The highest BCUT2D eigenvalue weighted by Crippen LogP contribution is 2.32. The van der Waals surface area contributed by atoms with E-state index in [9.17, 15) is 17.9 Å². The fraction of sp³-hybridized carbons (Fsp3) is 0.0833. The molecule has 0 unspecified atom stereocenters. The molecule has 2 rings (SSSR count). The summed E-state index contributed by atoms with van der Waals surface area (Å²) in [6.45, 7) is 1.57. The highest BCUT2D eigenvalue weighted by atomic mass is 35.5. The molecule has 20 heavy (non-hydrogen) atoms. The summed E-state index contributed by atoms with van der Waals surface area (Å²) in [5.41, 5.74) is 0.326. The average Bonchev–Trinajstić information content (AvgIpc) is 2.35. The van der Waals surface area contributed by atoms with E-state index in [1.54, 1.807) is 6.92 Å². The topological polar surface area (TPSA) is 79.3 Å². The normalized spacial score (nSPS) is 11.3. The number of aromatic hydroxyl groups is 1. The van der Waals surface area contributed by atoms with Crippen LogP contribution in [-0.2, 0) is 10.0 Å². The number of anilines is 1. The number of rotatable bonds is 3. The Hall–Kier alpha value is -1.86. The van der Waals surface area contributed by atoms with Gasteiger partial charge in [0, 0.05) is 11.2 Å². The summed E-state index contributed by atoms with van der Waals surface area (Å²) in [5.74, 6) is -1.03. The van der Waals surface area contributed by atoms with E-state index in [2.05, 4.69) is 9.71 Å². The van der Waals surface area contributed by atoms with E-state index in [1.165, 1.54) is 12.1 Å². The van der Waals surface area contributed by atoms with Crippen LogP contribution in [0.1, 0.15) is 5.56 Å². The first-order valence-electron chi connectivity index (χ1n) is 5.42. The fourth-order valence-electron chi connectivity index (χ4n) is 1.56. The van der Waals surface area contributed by atoms with Gasteiger partial charge in [-0.1, -0.05) is 11.6 Å². The van der Waals surface area contributed by atoms with E-state index in [4.69, 9.17) is 11.6 Å². The van der Waals surface area contributed by atoms with Gasteiger partial charge in [-0.05, 0) is 30.7 Å². The third kappa shape index (κ3) is 3.00. The minimum atomic E-state index is -4.06. The molecule has 0 aliphatic rings. The quantitative estimate of drug-likeness (QED) is 0.853. The Morgan fingerprint density at radius 3 is 2.65 bits per heavy atom. The lowest BCUT2D eigenvalue weighted by molar-refractivity contribution is 0.473. The van der Waals surface area contributed by atoms with E-state index in [1.807, 2.05) is 0 Å². The van der Waals surface area contributed by atoms with Crippen molar-refractivity contribution in [1.82, 2.24) is 4.98 Å². The number of sulfonamides is 1.